The minimum Gasteiger partial charge on any atom is -0.246 e. The highest BCUT2D eigenvalue weighted by Gasteiger charge is 2.39. The zero-order valence-corrected chi connectivity index (χ0v) is 15.1. The minimum atomic E-state index is 0.354. The van der Waals surface area contributed by atoms with Gasteiger partial charge in [0, 0.05) is 22.0 Å². The van der Waals surface area contributed by atoms with Crippen molar-refractivity contribution in [2.45, 2.75) is 46.0 Å². The van der Waals surface area contributed by atoms with Crippen molar-refractivity contribution >= 4 is 43.2 Å². The maximum atomic E-state index is 4.74. The Morgan fingerprint density at radius 1 is 1.22 bits per heavy atom. The predicted octanol–water partition coefficient (Wildman–Crippen LogP) is 5.27. The molecular formula is C14H21Br2NS. The average molecular weight is 395 g/mol. The topological polar surface area (TPSA) is 12.9 Å². The van der Waals surface area contributed by atoms with Crippen LogP contribution in [0.1, 0.15) is 41.3 Å². The summed E-state index contributed by atoms with van der Waals surface area (Å²) >= 11 is 9.42. The van der Waals surface area contributed by atoms with E-state index in [1.54, 1.807) is 0 Å². The summed E-state index contributed by atoms with van der Waals surface area (Å²) < 4.78 is 0. The molecule has 0 atom stereocenters. The van der Waals surface area contributed by atoms with Gasteiger partial charge in [0.2, 0.25) is 0 Å². The number of halogens is 2. The van der Waals surface area contributed by atoms with Gasteiger partial charge in [-0.3, -0.25) is 0 Å². The van der Waals surface area contributed by atoms with Gasteiger partial charge in [-0.2, -0.15) is 0 Å². The lowest BCUT2D eigenvalue weighted by Crippen LogP contribution is -2.35. The monoisotopic (exact) mass is 393 g/mol. The zero-order valence-electron chi connectivity index (χ0n) is 11.1. The Labute approximate surface area is 131 Å². The van der Waals surface area contributed by atoms with Gasteiger partial charge in [0.05, 0.1) is 10.7 Å². The van der Waals surface area contributed by atoms with Crippen molar-refractivity contribution in [2.75, 3.05) is 10.7 Å². The summed E-state index contributed by atoms with van der Waals surface area (Å²) in [7, 11) is 0. The molecule has 1 heterocycles. The minimum absolute atomic E-state index is 0.354. The van der Waals surface area contributed by atoms with Gasteiger partial charge < -0.3 is 0 Å². The van der Waals surface area contributed by atoms with Gasteiger partial charge in [0.25, 0.3) is 0 Å². The molecule has 1 aromatic rings. The molecule has 0 bridgehead atoms. The fraction of sp³-hybridized carbons (Fsp3) is 0.786. The molecule has 102 valence electrons. The fourth-order valence-corrected chi connectivity index (χ4v) is 6.28. The molecule has 0 aromatic carbocycles. The van der Waals surface area contributed by atoms with E-state index in [0.717, 1.165) is 23.0 Å². The summed E-state index contributed by atoms with van der Waals surface area (Å²) in [5.41, 5.74) is 1.56. The van der Waals surface area contributed by atoms with Gasteiger partial charge in [0.15, 0.2) is 0 Å². The lowest BCUT2D eigenvalue weighted by atomic mass is 9.75. The summed E-state index contributed by atoms with van der Waals surface area (Å²) in [5, 5.41) is 3.47. The van der Waals surface area contributed by atoms with Crippen LogP contribution in [0.25, 0.3) is 0 Å². The van der Waals surface area contributed by atoms with Crippen LogP contribution in [0.5, 0.6) is 0 Å². The maximum absolute atomic E-state index is 4.74. The third kappa shape index (κ3) is 3.01. The predicted molar refractivity (Wildman–Crippen MR) is 87.3 cm³/mol. The molecule has 0 unspecified atom stereocenters. The first-order chi connectivity index (χ1) is 8.61. The second-order valence-corrected chi connectivity index (χ2v) is 7.95. The fourth-order valence-electron chi connectivity index (χ4n) is 2.95. The van der Waals surface area contributed by atoms with E-state index >= 15 is 0 Å². The molecular weight excluding hydrogens is 374 g/mol. The smallest absolute Gasteiger partial charge is 0.0937 e. The Hall–Kier alpha value is 0.590. The molecule has 0 spiro atoms. The Kier molecular flexibility index (Phi) is 5.30. The molecule has 0 radical (unpaired) electrons. The lowest BCUT2D eigenvalue weighted by molar-refractivity contribution is 0.233. The van der Waals surface area contributed by atoms with E-state index in [2.05, 4.69) is 45.7 Å². The molecule has 1 aromatic heterocycles. The van der Waals surface area contributed by atoms with Crippen LogP contribution >= 0.6 is 43.2 Å². The molecule has 0 N–H and O–H groups in total. The van der Waals surface area contributed by atoms with Crippen LogP contribution in [0.2, 0.25) is 0 Å². The van der Waals surface area contributed by atoms with Crippen LogP contribution in [0, 0.1) is 25.2 Å². The molecule has 18 heavy (non-hydrogen) atoms. The van der Waals surface area contributed by atoms with E-state index in [0.29, 0.717) is 5.41 Å². The van der Waals surface area contributed by atoms with Crippen molar-refractivity contribution in [1.29, 1.82) is 0 Å². The van der Waals surface area contributed by atoms with Crippen LogP contribution in [0.15, 0.2) is 0 Å². The summed E-state index contributed by atoms with van der Waals surface area (Å²) in [6.07, 6.45) is 6.71. The van der Waals surface area contributed by atoms with E-state index in [4.69, 9.17) is 4.98 Å². The molecule has 1 aliphatic carbocycles. The number of alkyl halides is 2. The van der Waals surface area contributed by atoms with Crippen LogP contribution in [0.4, 0.5) is 0 Å². The Morgan fingerprint density at radius 2 is 1.83 bits per heavy atom. The molecule has 0 saturated heterocycles. The van der Waals surface area contributed by atoms with Gasteiger partial charge in [-0.05, 0) is 38.0 Å². The molecule has 4 heteroatoms. The number of nitrogens with zero attached hydrogens (tertiary/aromatic N) is 1. The van der Waals surface area contributed by atoms with Crippen molar-refractivity contribution in [3.63, 3.8) is 0 Å². The summed E-state index contributed by atoms with van der Waals surface area (Å²) in [4.78, 5) is 6.11. The Morgan fingerprint density at radius 3 is 2.28 bits per heavy atom. The van der Waals surface area contributed by atoms with E-state index in [-0.39, 0.29) is 0 Å². The number of thiazole rings is 1. The lowest BCUT2D eigenvalue weighted by Gasteiger charge is -2.35. The molecule has 0 aliphatic heterocycles. The first-order valence-corrected chi connectivity index (χ1v) is 9.72. The molecule has 1 saturated carbocycles. The van der Waals surface area contributed by atoms with Gasteiger partial charge >= 0.3 is 0 Å². The highest BCUT2D eigenvalue weighted by atomic mass is 79.9. The van der Waals surface area contributed by atoms with Crippen molar-refractivity contribution in [3.8, 4) is 0 Å². The van der Waals surface area contributed by atoms with Crippen molar-refractivity contribution < 1.29 is 0 Å². The van der Waals surface area contributed by atoms with Gasteiger partial charge in [-0.1, -0.05) is 44.7 Å². The van der Waals surface area contributed by atoms with Crippen LogP contribution in [-0.2, 0) is 6.42 Å². The molecule has 2 rings (SSSR count). The van der Waals surface area contributed by atoms with Crippen molar-refractivity contribution in [1.82, 2.24) is 4.98 Å². The summed E-state index contributed by atoms with van der Waals surface area (Å²) in [6, 6.07) is 0. The van der Waals surface area contributed by atoms with Crippen LogP contribution in [0.3, 0.4) is 0 Å². The van der Waals surface area contributed by atoms with E-state index in [9.17, 15) is 0 Å². The third-order valence-corrected chi connectivity index (χ3v) is 7.64. The second kappa shape index (κ2) is 6.36. The number of aromatic nitrogens is 1. The molecule has 1 fully saturated rings. The first-order valence-electron chi connectivity index (χ1n) is 6.66. The number of rotatable bonds is 5. The van der Waals surface area contributed by atoms with E-state index in [1.807, 2.05) is 11.3 Å². The Bertz CT molecular complexity index is 373. The molecule has 1 nitrogen and oxygen atoms in total. The standard InChI is InChI=1S/C14H21Br2NS/c1-10-11(2)18-13(17-10)7-14(8-15,9-16)12-5-3-4-6-12/h12H,3-9H2,1-2H3. The maximum Gasteiger partial charge on any atom is 0.0937 e. The largest absolute Gasteiger partial charge is 0.246 e. The number of aryl methyl sites for hydroxylation is 2. The average Bonchev–Trinajstić information content (AvgIpc) is 2.98. The SMILES string of the molecule is Cc1nc(CC(CBr)(CBr)C2CCCC2)sc1C. The zero-order chi connectivity index (χ0) is 13.2. The highest BCUT2D eigenvalue weighted by Crippen LogP contribution is 2.45. The quantitative estimate of drug-likeness (QED) is 0.620. The summed E-state index contributed by atoms with van der Waals surface area (Å²) in [5.74, 6) is 0.848. The normalized spacial score (nSPS) is 17.6. The number of hydrogen-bond acceptors (Lipinski definition) is 2. The first kappa shape index (κ1) is 15.0. The van der Waals surface area contributed by atoms with Crippen molar-refractivity contribution in [2.24, 2.45) is 11.3 Å². The highest BCUT2D eigenvalue weighted by molar-refractivity contribution is 9.09. The number of hydrogen-bond donors (Lipinski definition) is 0. The Balaban J connectivity index is 2.19. The third-order valence-electron chi connectivity index (χ3n) is 4.33. The summed E-state index contributed by atoms with van der Waals surface area (Å²) in [6.45, 7) is 4.30. The van der Waals surface area contributed by atoms with Crippen molar-refractivity contribution in [3.05, 3.63) is 15.6 Å². The van der Waals surface area contributed by atoms with Gasteiger partial charge in [0.1, 0.15) is 0 Å². The molecule has 0 amide bonds. The van der Waals surface area contributed by atoms with Crippen LogP contribution in [-0.4, -0.2) is 15.6 Å². The second-order valence-electron chi connectivity index (χ2n) is 5.54. The van der Waals surface area contributed by atoms with E-state index in [1.165, 1.54) is 41.3 Å². The van der Waals surface area contributed by atoms with Gasteiger partial charge in [-0.15, -0.1) is 11.3 Å². The van der Waals surface area contributed by atoms with Crippen LogP contribution < -0.4 is 0 Å². The molecule has 1 aliphatic rings. The van der Waals surface area contributed by atoms with Gasteiger partial charge in [-0.25, -0.2) is 4.98 Å². The van der Waals surface area contributed by atoms with E-state index < -0.39 is 0 Å².